The maximum atomic E-state index is 11.8. The topological polar surface area (TPSA) is 78.3 Å². The fourth-order valence-corrected chi connectivity index (χ4v) is 2.14. The fourth-order valence-electron chi connectivity index (χ4n) is 2.14. The van der Waals surface area contributed by atoms with E-state index >= 15 is 0 Å². The predicted octanol–water partition coefficient (Wildman–Crippen LogP) is 2.69. The summed E-state index contributed by atoms with van der Waals surface area (Å²) in [4.78, 5) is 22.6. The zero-order valence-electron chi connectivity index (χ0n) is 11.4. The van der Waals surface area contributed by atoms with E-state index in [-0.39, 0.29) is 11.4 Å². The minimum Gasteiger partial charge on any atom is -0.494 e. The second-order valence-corrected chi connectivity index (χ2v) is 4.71. The SMILES string of the molecule is Cc1ccnc(N=Cc2c(O)[nH]c(=O)c3ccccc23)c1. The van der Waals surface area contributed by atoms with E-state index in [1.807, 2.05) is 25.1 Å². The lowest BCUT2D eigenvalue weighted by molar-refractivity contribution is 0.452. The number of aliphatic imine (C=N–C) groups is 1. The molecule has 0 atom stereocenters. The van der Waals surface area contributed by atoms with Crippen molar-refractivity contribution in [2.45, 2.75) is 6.92 Å². The summed E-state index contributed by atoms with van der Waals surface area (Å²) in [6.45, 7) is 1.95. The van der Waals surface area contributed by atoms with Gasteiger partial charge in [-0.3, -0.25) is 9.78 Å². The normalized spacial score (nSPS) is 11.3. The first kappa shape index (κ1) is 13.1. The average Bonchev–Trinajstić information content (AvgIpc) is 2.47. The molecule has 2 aromatic heterocycles. The molecule has 0 aliphatic rings. The molecule has 0 spiro atoms. The van der Waals surface area contributed by atoms with Gasteiger partial charge >= 0.3 is 0 Å². The van der Waals surface area contributed by atoms with Crippen LogP contribution in [0.3, 0.4) is 0 Å². The third kappa shape index (κ3) is 2.53. The van der Waals surface area contributed by atoms with Crippen molar-refractivity contribution in [2.24, 2.45) is 4.99 Å². The zero-order valence-corrected chi connectivity index (χ0v) is 11.4. The van der Waals surface area contributed by atoms with Gasteiger partial charge in [0.05, 0.1) is 5.56 Å². The molecule has 0 aliphatic carbocycles. The third-order valence-corrected chi connectivity index (χ3v) is 3.18. The minimum absolute atomic E-state index is 0.199. The first-order valence-corrected chi connectivity index (χ1v) is 6.46. The van der Waals surface area contributed by atoms with E-state index in [0.717, 1.165) is 5.56 Å². The van der Waals surface area contributed by atoms with Crippen molar-refractivity contribution in [3.05, 3.63) is 64.1 Å². The lowest BCUT2D eigenvalue weighted by atomic mass is 10.1. The number of benzene rings is 1. The monoisotopic (exact) mass is 279 g/mol. The molecule has 0 aliphatic heterocycles. The molecule has 0 fully saturated rings. The number of fused-ring (bicyclic) bond motifs is 1. The Kier molecular flexibility index (Phi) is 3.23. The number of pyridine rings is 2. The summed E-state index contributed by atoms with van der Waals surface area (Å²) >= 11 is 0. The number of rotatable bonds is 2. The Hall–Kier alpha value is -2.95. The zero-order chi connectivity index (χ0) is 14.8. The molecule has 0 bridgehead atoms. The third-order valence-electron chi connectivity index (χ3n) is 3.18. The summed E-state index contributed by atoms with van der Waals surface area (Å²) in [5.41, 5.74) is 1.19. The largest absolute Gasteiger partial charge is 0.494 e. The number of aromatic hydroxyl groups is 1. The molecule has 0 amide bonds. The van der Waals surface area contributed by atoms with Crippen LogP contribution in [0.25, 0.3) is 10.8 Å². The van der Waals surface area contributed by atoms with Crippen LogP contribution < -0.4 is 5.56 Å². The lowest BCUT2D eigenvalue weighted by Gasteiger charge is -2.04. The number of H-pyrrole nitrogens is 1. The summed E-state index contributed by atoms with van der Waals surface area (Å²) in [7, 11) is 0. The van der Waals surface area contributed by atoms with E-state index in [2.05, 4.69) is 15.0 Å². The summed E-state index contributed by atoms with van der Waals surface area (Å²) in [5.74, 6) is 0.347. The molecule has 2 heterocycles. The number of aromatic nitrogens is 2. The van der Waals surface area contributed by atoms with Crippen LogP contribution in [0, 0.1) is 6.92 Å². The number of nitrogens with zero attached hydrogens (tertiary/aromatic N) is 2. The van der Waals surface area contributed by atoms with E-state index in [0.29, 0.717) is 22.2 Å². The Balaban J connectivity index is 2.15. The van der Waals surface area contributed by atoms with Crippen molar-refractivity contribution in [2.75, 3.05) is 0 Å². The van der Waals surface area contributed by atoms with Crippen molar-refractivity contribution in [3.8, 4) is 5.88 Å². The molecular formula is C16H13N3O2. The van der Waals surface area contributed by atoms with Crippen LogP contribution in [0.1, 0.15) is 11.1 Å². The lowest BCUT2D eigenvalue weighted by Crippen LogP contribution is -2.07. The molecule has 1 aromatic carbocycles. The Morgan fingerprint density at radius 1 is 1.24 bits per heavy atom. The number of hydrogen-bond donors (Lipinski definition) is 2. The van der Waals surface area contributed by atoms with Crippen LogP contribution in [0.5, 0.6) is 5.88 Å². The Labute approximate surface area is 120 Å². The van der Waals surface area contributed by atoms with Crippen LogP contribution >= 0.6 is 0 Å². The van der Waals surface area contributed by atoms with Gasteiger partial charge in [0.25, 0.3) is 5.56 Å². The van der Waals surface area contributed by atoms with Gasteiger partial charge in [0.1, 0.15) is 0 Å². The van der Waals surface area contributed by atoms with E-state index < -0.39 is 0 Å². The minimum atomic E-state index is -0.325. The van der Waals surface area contributed by atoms with Gasteiger partial charge in [-0.2, -0.15) is 0 Å². The molecule has 21 heavy (non-hydrogen) atoms. The summed E-state index contributed by atoms with van der Waals surface area (Å²) in [6.07, 6.45) is 3.18. The second-order valence-electron chi connectivity index (χ2n) is 4.71. The number of nitrogens with one attached hydrogen (secondary N) is 1. The van der Waals surface area contributed by atoms with Crippen molar-refractivity contribution in [1.29, 1.82) is 0 Å². The maximum absolute atomic E-state index is 11.8. The average molecular weight is 279 g/mol. The smallest absolute Gasteiger partial charge is 0.258 e. The van der Waals surface area contributed by atoms with Crippen molar-refractivity contribution in [3.63, 3.8) is 0 Å². The van der Waals surface area contributed by atoms with Gasteiger partial charge < -0.3 is 5.11 Å². The summed E-state index contributed by atoms with van der Waals surface area (Å²) < 4.78 is 0. The highest BCUT2D eigenvalue weighted by Gasteiger charge is 2.08. The highest BCUT2D eigenvalue weighted by Crippen LogP contribution is 2.21. The predicted molar refractivity (Wildman–Crippen MR) is 82.5 cm³/mol. The van der Waals surface area contributed by atoms with Crippen molar-refractivity contribution >= 4 is 22.8 Å². The van der Waals surface area contributed by atoms with Gasteiger partial charge in [-0.15, -0.1) is 0 Å². The van der Waals surface area contributed by atoms with E-state index in [4.69, 9.17) is 0 Å². The van der Waals surface area contributed by atoms with E-state index in [1.54, 1.807) is 24.4 Å². The van der Waals surface area contributed by atoms with Gasteiger partial charge in [0, 0.05) is 23.2 Å². The van der Waals surface area contributed by atoms with Crippen LogP contribution in [-0.2, 0) is 0 Å². The highest BCUT2D eigenvalue weighted by molar-refractivity contribution is 6.01. The first-order chi connectivity index (χ1) is 10.1. The van der Waals surface area contributed by atoms with Gasteiger partial charge in [-0.05, 0) is 30.7 Å². The summed E-state index contributed by atoms with van der Waals surface area (Å²) in [6, 6.07) is 10.8. The number of aryl methyl sites for hydroxylation is 1. The molecule has 3 aromatic rings. The van der Waals surface area contributed by atoms with Gasteiger partial charge in [-0.25, -0.2) is 9.98 Å². The van der Waals surface area contributed by atoms with E-state index in [1.165, 1.54) is 6.21 Å². The van der Waals surface area contributed by atoms with E-state index in [9.17, 15) is 9.90 Å². The summed E-state index contributed by atoms with van der Waals surface area (Å²) in [5, 5.41) is 11.1. The standard InChI is InChI=1S/C16H13N3O2/c1-10-6-7-17-14(8-10)18-9-13-11-4-2-3-5-12(11)15(20)19-16(13)21/h2-9H,1H3,(H2,19,20,21). The molecular weight excluding hydrogens is 266 g/mol. The van der Waals surface area contributed by atoms with Crippen LogP contribution in [0.15, 0.2) is 52.4 Å². The molecule has 0 unspecified atom stereocenters. The number of hydrogen-bond acceptors (Lipinski definition) is 4. The molecule has 2 N–H and O–H groups in total. The van der Waals surface area contributed by atoms with Crippen molar-refractivity contribution < 1.29 is 5.11 Å². The van der Waals surface area contributed by atoms with Crippen LogP contribution in [0.4, 0.5) is 5.82 Å². The number of aromatic amines is 1. The fraction of sp³-hybridized carbons (Fsp3) is 0.0625. The Morgan fingerprint density at radius 2 is 2.00 bits per heavy atom. The first-order valence-electron chi connectivity index (χ1n) is 6.46. The molecule has 5 heteroatoms. The second kappa shape index (κ2) is 5.20. The molecule has 0 radical (unpaired) electrons. The Morgan fingerprint density at radius 3 is 2.76 bits per heavy atom. The van der Waals surface area contributed by atoms with Gasteiger partial charge in [0.2, 0.25) is 5.88 Å². The van der Waals surface area contributed by atoms with Gasteiger partial charge in [-0.1, -0.05) is 18.2 Å². The van der Waals surface area contributed by atoms with Crippen molar-refractivity contribution in [1.82, 2.24) is 9.97 Å². The molecule has 5 nitrogen and oxygen atoms in total. The van der Waals surface area contributed by atoms with Gasteiger partial charge in [0.15, 0.2) is 5.82 Å². The van der Waals surface area contributed by atoms with Crippen LogP contribution in [-0.4, -0.2) is 21.3 Å². The molecule has 104 valence electrons. The molecule has 0 saturated heterocycles. The highest BCUT2D eigenvalue weighted by atomic mass is 16.3. The maximum Gasteiger partial charge on any atom is 0.258 e. The Bertz CT molecular complexity index is 897. The molecule has 3 rings (SSSR count). The molecule has 0 saturated carbocycles. The quantitative estimate of drug-likeness (QED) is 0.708. The van der Waals surface area contributed by atoms with Crippen LogP contribution in [0.2, 0.25) is 0 Å².